The van der Waals surface area contributed by atoms with Gasteiger partial charge in [0.05, 0.1) is 0 Å². The molecule has 0 saturated carbocycles. The summed E-state index contributed by atoms with van der Waals surface area (Å²) in [7, 11) is 0. The fraction of sp³-hybridized carbons (Fsp3) is 0.364. The average Bonchev–Trinajstić information content (AvgIpc) is 2.70. The van der Waals surface area contributed by atoms with Crippen LogP contribution in [0.4, 0.5) is 0 Å². The van der Waals surface area contributed by atoms with E-state index in [0.29, 0.717) is 12.3 Å². The lowest BCUT2D eigenvalue weighted by Crippen LogP contribution is -2.50. The second-order valence-electron chi connectivity index (χ2n) is 6.89. The van der Waals surface area contributed by atoms with Gasteiger partial charge < -0.3 is 15.0 Å². The van der Waals surface area contributed by atoms with Crippen molar-refractivity contribution in [2.75, 3.05) is 6.61 Å². The molecule has 0 bridgehead atoms. The van der Waals surface area contributed by atoms with E-state index in [1.54, 1.807) is 24.0 Å². The van der Waals surface area contributed by atoms with E-state index in [2.05, 4.69) is 37.2 Å². The molecule has 29 heavy (non-hydrogen) atoms. The van der Waals surface area contributed by atoms with Crippen LogP contribution in [0.3, 0.4) is 0 Å². The molecule has 2 rings (SSSR count). The standard InChI is InChI=1S/C22H26Br2N2O3/c1-4-15(2)25-22(28)16(3)26(13-17-6-5-7-19(24)12-17)21(27)14-29-20-10-8-18(23)9-11-20/h5-12,15-16H,4,13-14H2,1-3H3,(H,25,28)/t15-,16+/m1/s1. The lowest BCUT2D eigenvalue weighted by Gasteiger charge is -2.29. The van der Waals surface area contributed by atoms with Gasteiger partial charge in [-0.3, -0.25) is 9.59 Å². The Morgan fingerprint density at radius 2 is 1.76 bits per heavy atom. The van der Waals surface area contributed by atoms with Crippen molar-refractivity contribution < 1.29 is 14.3 Å². The summed E-state index contributed by atoms with van der Waals surface area (Å²) in [5, 5.41) is 2.95. The third-order valence-corrected chi connectivity index (χ3v) is 5.61. The first-order chi connectivity index (χ1) is 13.8. The first-order valence-corrected chi connectivity index (χ1v) is 11.1. The Hall–Kier alpha value is -1.86. The number of nitrogens with one attached hydrogen (secondary N) is 1. The molecule has 0 heterocycles. The Morgan fingerprint density at radius 3 is 2.38 bits per heavy atom. The highest BCUT2D eigenvalue weighted by Crippen LogP contribution is 2.18. The smallest absolute Gasteiger partial charge is 0.261 e. The van der Waals surface area contributed by atoms with E-state index in [4.69, 9.17) is 4.74 Å². The van der Waals surface area contributed by atoms with Crippen LogP contribution >= 0.6 is 31.9 Å². The molecule has 2 atom stereocenters. The van der Waals surface area contributed by atoms with Gasteiger partial charge in [0.15, 0.2) is 6.61 Å². The van der Waals surface area contributed by atoms with Gasteiger partial charge in [0.1, 0.15) is 11.8 Å². The summed E-state index contributed by atoms with van der Waals surface area (Å²) in [5.74, 6) is 0.173. The van der Waals surface area contributed by atoms with Crippen molar-refractivity contribution in [3.05, 3.63) is 63.0 Å². The van der Waals surface area contributed by atoms with Crippen molar-refractivity contribution in [1.82, 2.24) is 10.2 Å². The minimum absolute atomic E-state index is 0.0480. The number of ether oxygens (including phenoxy) is 1. The van der Waals surface area contributed by atoms with Gasteiger partial charge in [-0.25, -0.2) is 0 Å². The van der Waals surface area contributed by atoms with Crippen LogP contribution in [0.15, 0.2) is 57.5 Å². The van der Waals surface area contributed by atoms with Gasteiger partial charge in [0.2, 0.25) is 5.91 Å². The number of amides is 2. The Balaban J connectivity index is 2.14. The molecule has 0 aliphatic carbocycles. The topological polar surface area (TPSA) is 58.6 Å². The highest BCUT2D eigenvalue weighted by Gasteiger charge is 2.27. The summed E-state index contributed by atoms with van der Waals surface area (Å²) in [6, 6.07) is 14.4. The molecule has 2 aromatic rings. The van der Waals surface area contributed by atoms with Crippen LogP contribution in [0, 0.1) is 0 Å². The fourth-order valence-electron chi connectivity index (χ4n) is 2.64. The van der Waals surface area contributed by atoms with E-state index in [1.165, 1.54) is 0 Å². The van der Waals surface area contributed by atoms with Gasteiger partial charge in [0, 0.05) is 21.5 Å². The van der Waals surface area contributed by atoms with Crippen molar-refractivity contribution in [2.24, 2.45) is 0 Å². The van der Waals surface area contributed by atoms with Gasteiger partial charge in [0.25, 0.3) is 5.91 Å². The molecule has 0 radical (unpaired) electrons. The Labute approximate surface area is 189 Å². The lowest BCUT2D eigenvalue weighted by molar-refractivity contribution is -0.142. The average molecular weight is 526 g/mol. The van der Waals surface area contributed by atoms with Gasteiger partial charge in [-0.1, -0.05) is 50.9 Å². The maximum atomic E-state index is 13.0. The third-order valence-electron chi connectivity index (χ3n) is 4.59. The highest BCUT2D eigenvalue weighted by molar-refractivity contribution is 9.10. The van der Waals surface area contributed by atoms with Crippen LogP contribution in [0.1, 0.15) is 32.8 Å². The van der Waals surface area contributed by atoms with Crippen LogP contribution in [0.5, 0.6) is 5.75 Å². The zero-order valence-corrected chi connectivity index (χ0v) is 20.0. The maximum Gasteiger partial charge on any atom is 0.261 e. The number of carbonyl (C=O) groups is 2. The quantitative estimate of drug-likeness (QED) is 0.505. The maximum absolute atomic E-state index is 13.0. The van der Waals surface area contributed by atoms with Gasteiger partial charge >= 0.3 is 0 Å². The molecule has 0 spiro atoms. The second-order valence-corrected chi connectivity index (χ2v) is 8.72. The molecule has 156 valence electrons. The monoisotopic (exact) mass is 524 g/mol. The fourth-order valence-corrected chi connectivity index (χ4v) is 3.35. The molecule has 0 aliphatic rings. The van der Waals surface area contributed by atoms with Gasteiger partial charge in [-0.2, -0.15) is 0 Å². The van der Waals surface area contributed by atoms with Crippen molar-refractivity contribution in [1.29, 1.82) is 0 Å². The molecule has 1 N–H and O–H groups in total. The van der Waals surface area contributed by atoms with E-state index < -0.39 is 6.04 Å². The minimum atomic E-state index is -0.621. The first kappa shape index (κ1) is 23.4. The SMILES string of the molecule is CC[C@@H](C)NC(=O)[C@H](C)N(Cc1cccc(Br)c1)C(=O)COc1ccc(Br)cc1. The molecule has 0 fully saturated rings. The number of hydrogen-bond donors (Lipinski definition) is 1. The van der Waals surface area contributed by atoms with E-state index in [1.807, 2.05) is 50.2 Å². The number of benzene rings is 2. The van der Waals surface area contributed by atoms with E-state index in [-0.39, 0.29) is 24.5 Å². The molecule has 7 heteroatoms. The van der Waals surface area contributed by atoms with Crippen LogP contribution < -0.4 is 10.1 Å². The summed E-state index contributed by atoms with van der Waals surface area (Å²) >= 11 is 6.83. The van der Waals surface area contributed by atoms with Gasteiger partial charge in [-0.05, 0) is 62.2 Å². The predicted molar refractivity (Wildman–Crippen MR) is 122 cm³/mol. The second kappa shape index (κ2) is 11.4. The van der Waals surface area contributed by atoms with Crippen LogP contribution in [0.2, 0.25) is 0 Å². The van der Waals surface area contributed by atoms with Crippen LogP contribution in [-0.4, -0.2) is 35.4 Å². The normalized spacial score (nSPS) is 12.7. The van der Waals surface area contributed by atoms with Crippen molar-refractivity contribution in [3.8, 4) is 5.75 Å². The van der Waals surface area contributed by atoms with Crippen molar-refractivity contribution in [2.45, 2.75) is 45.8 Å². The summed E-state index contributed by atoms with van der Waals surface area (Å²) in [6.07, 6.45) is 0.824. The summed E-state index contributed by atoms with van der Waals surface area (Å²) in [4.78, 5) is 27.2. The molecular formula is C22H26Br2N2O3. The minimum Gasteiger partial charge on any atom is -0.484 e. The summed E-state index contributed by atoms with van der Waals surface area (Å²) in [6.45, 7) is 5.87. The third kappa shape index (κ3) is 7.48. The largest absolute Gasteiger partial charge is 0.484 e. The number of carbonyl (C=O) groups excluding carboxylic acids is 2. The van der Waals surface area contributed by atoms with E-state index >= 15 is 0 Å². The lowest BCUT2D eigenvalue weighted by atomic mass is 10.1. The Morgan fingerprint density at radius 1 is 1.07 bits per heavy atom. The molecule has 2 amide bonds. The van der Waals surface area contributed by atoms with E-state index in [0.717, 1.165) is 20.9 Å². The van der Waals surface area contributed by atoms with E-state index in [9.17, 15) is 9.59 Å². The molecule has 5 nitrogen and oxygen atoms in total. The summed E-state index contributed by atoms with van der Waals surface area (Å²) in [5.41, 5.74) is 0.930. The zero-order valence-electron chi connectivity index (χ0n) is 16.8. The molecule has 0 unspecified atom stereocenters. The number of hydrogen-bond acceptors (Lipinski definition) is 3. The van der Waals surface area contributed by atoms with Gasteiger partial charge in [-0.15, -0.1) is 0 Å². The molecular weight excluding hydrogens is 500 g/mol. The Bertz CT molecular complexity index is 827. The highest BCUT2D eigenvalue weighted by atomic mass is 79.9. The summed E-state index contributed by atoms with van der Waals surface area (Å²) < 4.78 is 7.50. The number of nitrogens with zero attached hydrogens (tertiary/aromatic N) is 1. The molecule has 0 saturated heterocycles. The van der Waals surface area contributed by atoms with Crippen molar-refractivity contribution in [3.63, 3.8) is 0 Å². The number of halogens is 2. The van der Waals surface area contributed by atoms with Crippen molar-refractivity contribution >= 4 is 43.7 Å². The molecule has 0 aliphatic heterocycles. The number of rotatable bonds is 9. The first-order valence-electron chi connectivity index (χ1n) is 9.52. The Kier molecular flexibility index (Phi) is 9.17. The molecule has 2 aromatic carbocycles. The van der Waals surface area contributed by atoms with Crippen LogP contribution in [0.25, 0.3) is 0 Å². The molecule has 0 aromatic heterocycles. The van der Waals surface area contributed by atoms with Crippen LogP contribution in [-0.2, 0) is 16.1 Å². The zero-order chi connectivity index (χ0) is 21.4. The predicted octanol–water partition coefficient (Wildman–Crippen LogP) is 4.92.